The van der Waals surface area contributed by atoms with E-state index in [-0.39, 0.29) is 0 Å². The van der Waals surface area contributed by atoms with Crippen LogP contribution in [-0.2, 0) is 6.54 Å². The molecule has 1 saturated heterocycles. The fourth-order valence-corrected chi connectivity index (χ4v) is 4.21. The zero-order valence-electron chi connectivity index (χ0n) is 14.1. The van der Waals surface area contributed by atoms with Crippen molar-refractivity contribution in [1.82, 2.24) is 9.88 Å². The monoisotopic (exact) mass is 324 g/mol. The molecule has 0 radical (unpaired) electrons. The minimum absolute atomic E-state index is 0.483. The number of piperidine rings is 1. The van der Waals surface area contributed by atoms with Gasteiger partial charge in [0.1, 0.15) is 18.1 Å². The normalized spacial score (nSPS) is 25.8. The van der Waals surface area contributed by atoms with Crippen LogP contribution in [0.15, 0.2) is 48.7 Å². The second kappa shape index (κ2) is 6.81. The first-order chi connectivity index (χ1) is 11.8. The Morgan fingerprint density at radius 2 is 2.04 bits per heavy atom. The maximum atomic E-state index is 6.11. The fourth-order valence-electron chi connectivity index (χ4n) is 4.21. The number of hydrogen-bond acceptors (Lipinski definition) is 4. The molecule has 2 aliphatic rings. The number of likely N-dealkylation sites (tertiary alicyclic amines) is 1. The van der Waals surface area contributed by atoms with Crippen LogP contribution >= 0.6 is 0 Å². The molecule has 0 unspecified atom stereocenters. The molecule has 4 nitrogen and oxygen atoms in total. The van der Waals surface area contributed by atoms with Crippen molar-refractivity contribution in [2.45, 2.75) is 37.9 Å². The molecular formula is C20H24N2O2. The lowest BCUT2D eigenvalue weighted by Crippen LogP contribution is -2.43. The van der Waals surface area contributed by atoms with E-state index >= 15 is 0 Å². The van der Waals surface area contributed by atoms with Crippen LogP contribution in [0.1, 0.15) is 25.0 Å². The Morgan fingerprint density at radius 3 is 2.88 bits per heavy atom. The summed E-state index contributed by atoms with van der Waals surface area (Å²) in [7, 11) is 1.68. The molecule has 1 aliphatic carbocycles. The van der Waals surface area contributed by atoms with Crippen molar-refractivity contribution in [2.24, 2.45) is 5.92 Å². The summed E-state index contributed by atoms with van der Waals surface area (Å²) in [5.74, 6) is 2.48. The van der Waals surface area contributed by atoms with Gasteiger partial charge in [-0.25, -0.2) is 0 Å². The van der Waals surface area contributed by atoms with E-state index in [1.54, 1.807) is 7.11 Å². The molecule has 0 spiro atoms. The Labute approximate surface area is 143 Å². The molecule has 24 heavy (non-hydrogen) atoms. The van der Waals surface area contributed by atoms with E-state index in [0.717, 1.165) is 36.3 Å². The predicted molar refractivity (Wildman–Crippen MR) is 93.2 cm³/mol. The Bertz CT molecular complexity index is 676. The van der Waals surface area contributed by atoms with Crippen LogP contribution in [0.4, 0.5) is 0 Å². The SMILES string of the molecule is COc1cccc(OC[C@@H]2[C@H]3CC[C@@H](C3)N2Cc2ccccn2)c1. The molecule has 126 valence electrons. The van der Waals surface area contributed by atoms with Crippen LogP contribution in [0, 0.1) is 5.92 Å². The summed E-state index contributed by atoms with van der Waals surface area (Å²) in [5, 5.41) is 0. The number of rotatable bonds is 6. The van der Waals surface area contributed by atoms with E-state index in [1.807, 2.05) is 36.5 Å². The van der Waals surface area contributed by atoms with Crippen LogP contribution < -0.4 is 9.47 Å². The van der Waals surface area contributed by atoms with Gasteiger partial charge in [0, 0.05) is 30.9 Å². The molecule has 2 fully saturated rings. The van der Waals surface area contributed by atoms with Gasteiger partial charge in [-0.15, -0.1) is 0 Å². The van der Waals surface area contributed by atoms with Crippen LogP contribution in [-0.4, -0.2) is 35.7 Å². The van der Waals surface area contributed by atoms with Crippen LogP contribution in [0.2, 0.25) is 0 Å². The first-order valence-corrected chi connectivity index (χ1v) is 8.76. The summed E-state index contributed by atoms with van der Waals surface area (Å²) in [6, 6.07) is 15.2. The number of aromatic nitrogens is 1. The van der Waals surface area contributed by atoms with Crippen LogP contribution in [0.3, 0.4) is 0 Å². The van der Waals surface area contributed by atoms with Gasteiger partial charge in [0.15, 0.2) is 0 Å². The summed E-state index contributed by atoms with van der Waals surface area (Å²) < 4.78 is 11.4. The lowest BCUT2D eigenvalue weighted by Gasteiger charge is -2.34. The molecule has 1 aromatic carbocycles. The van der Waals surface area contributed by atoms with E-state index in [1.165, 1.54) is 19.3 Å². The summed E-state index contributed by atoms with van der Waals surface area (Å²) in [6.45, 7) is 1.66. The molecule has 2 heterocycles. The number of hydrogen-bond donors (Lipinski definition) is 0. The molecule has 2 aromatic rings. The van der Waals surface area contributed by atoms with E-state index in [9.17, 15) is 0 Å². The molecule has 2 bridgehead atoms. The van der Waals surface area contributed by atoms with Gasteiger partial charge in [-0.1, -0.05) is 12.1 Å². The minimum Gasteiger partial charge on any atom is -0.497 e. The second-order valence-electron chi connectivity index (χ2n) is 6.78. The lowest BCUT2D eigenvalue weighted by atomic mass is 9.99. The van der Waals surface area contributed by atoms with Gasteiger partial charge in [0.05, 0.1) is 12.8 Å². The Kier molecular flexibility index (Phi) is 4.39. The Morgan fingerprint density at radius 1 is 1.12 bits per heavy atom. The number of benzene rings is 1. The maximum Gasteiger partial charge on any atom is 0.123 e. The quantitative estimate of drug-likeness (QED) is 0.814. The van der Waals surface area contributed by atoms with Gasteiger partial charge in [-0.3, -0.25) is 9.88 Å². The zero-order chi connectivity index (χ0) is 16.4. The molecule has 1 aliphatic heterocycles. The van der Waals surface area contributed by atoms with Gasteiger partial charge in [-0.2, -0.15) is 0 Å². The first kappa shape index (κ1) is 15.5. The molecule has 1 saturated carbocycles. The highest BCUT2D eigenvalue weighted by molar-refractivity contribution is 5.32. The van der Waals surface area contributed by atoms with Crippen molar-refractivity contribution < 1.29 is 9.47 Å². The number of methoxy groups -OCH3 is 1. The number of fused-ring (bicyclic) bond motifs is 2. The molecule has 1 aromatic heterocycles. The third kappa shape index (κ3) is 3.11. The van der Waals surface area contributed by atoms with E-state index in [4.69, 9.17) is 9.47 Å². The Balaban J connectivity index is 1.44. The van der Waals surface area contributed by atoms with E-state index < -0.39 is 0 Å². The average Bonchev–Trinajstić information content (AvgIpc) is 3.23. The number of ether oxygens (including phenoxy) is 2. The van der Waals surface area contributed by atoms with Gasteiger partial charge in [0.25, 0.3) is 0 Å². The second-order valence-corrected chi connectivity index (χ2v) is 6.78. The van der Waals surface area contributed by atoms with Gasteiger partial charge >= 0.3 is 0 Å². The predicted octanol–water partition coefficient (Wildman–Crippen LogP) is 3.52. The van der Waals surface area contributed by atoms with Crippen LogP contribution in [0.5, 0.6) is 11.5 Å². The van der Waals surface area contributed by atoms with Crippen molar-refractivity contribution >= 4 is 0 Å². The topological polar surface area (TPSA) is 34.6 Å². The summed E-state index contributed by atoms with van der Waals surface area (Å²) in [5.41, 5.74) is 1.15. The highest BCUT2D eigenvalue weighted by atomic mass is 16.5. The van der Waals surface area contributed by atoms with Crippen molar-refractivity contribution in [1.29, 1.82) is 0 Å². The largest absolute Gasteiger partial charge is 0.497 e. The maximum absolute atomic E-state index is 6.11. The third-order valence-corrected chi connectivity index (χ3v) is 5.42. The van der Waals surface area contributed by atoms with Crippen LogP contribution in [0.25, 0.3) is 0 Å². The Hall–Kier alpha value is -2.07. The van der Waals surface area contributed by atoms with Crippen molar-refractivity contribution in [3.63, 3.8) is 0 Å². The van der Waals surface area contributed by atoms with E-state index in [0.29, 0.717) is 12.1 Å². The molecule has 4 heteroatoms. The summed E-state index contributed by atoms with van der Waals surface area (Å²) in [4.78, 5) is 7.11. The molecular weight excluding hydrogens is 300 g/mol. The summed E-state index contributed by atoms with van der Waals surface area (Å²) >= 11 is 0. The number of nitrogens with zero attached hydrogens (tertiary/aromatic N) is 2. The van der Waals surface area contributed by atoms with Gasteiger partial charge < -0.3 is 9.47 Å². The van der Waals surface area contributed by atoms with Gasteiger partial charge in [0.2, 0.25) is 0 Å². The highest BCUT2D eigenvalue weighted by Gasteiger charge is 2.45. The number of pyridine rings is 1. The lowest BCUT2D eigenvalue weighted by molar-refractivity contribution is 0.0855. The zero-order valence-corrected chi connectivity index (χ0v) is 14.1. The molecule has 3 atom stereocenters. The highest BCUT2D eigenvalue weighted by Crippen LogP contribution is 2.43. The molecule has 0 amide bonds. The van der Waals surface area contributed by atoms with Crippen molar-refractivity contribution in [3.05, 3.63) is 54.4 Å². The minimum atomic E-state index is 0.483. The average molecular weight is 324 g/mol. The summed E-state index contributed by atoms with van der Waals surface area (Å²) in [6.07, 6.45) is 5.83. The molecule has 4 rings (SSSR count). The standard InChI is InChI=1S/C20H24N2O2/c1-23-18-6-4-7-19(12-18)24-14-20-15-8-9-17(11-15)22(20)13-16-5-2-3-10-21-16/h2-7,10,12,15,17,20H,8-9,11,13-14H2,1H3/t15-,17-,20+/m0/s1. The van der Waals surface area contributed by atoms with Crippen molar-refractivity contribution in [3.8, 4) is 11.5 Å². The smallest absolute Gasteiger partial charge is 0.123 e. The van der Waals surface area contributed by atoms with Gasteiger partial charge in [-0.05, 0) is 49.4 Å². The first-order valence-electron chi connectivity index (χ1n) is 8.76. The fraction of sp³-hybridized carbons (Fsp3) is 0.450. The van der Waals surface area contributed by atoms with Crippen molar-refractivity contribution in [2.75, 3.05) is 13.7 Å². The third-order valence-electron chi connectivity index (χ3n) is 5.42. The molecule has 0 N–H and O–H groups in total. The van der Waals surface area contributed by atoms with E-state index in [2.05, 4.69) is 22.0 Å².